The molecule has 1 aromatic rings. The number of hydrogen-bond acceptors (Lipinski definition) is 3. The van der Waals surface area contributed by atoms with Crippen molar-refractivity contribution < 1.29 is 4.74 Å². The first kappa shape index (κ1) is 13.9. The van der Waals surface area contributed by atoms with Crippen LogP contribution in [0.15, 0.2) is 29.2 Å². The molecule has 18 heavy (non-hydrogen) atoms. The molecule has 1 heterocycles. The number of rotatable bonds is 7. The van der Waals surface area contributed by atoms with Gasteiger partial charge in [0.1, 0.15) is 0 Å². The van der Waals surface area contributed by atoms with Gasteiger partial charge in [0.25, 0.3) is 0 Å². The van der Waals surface area contributed by atoms with Gasteiger partial charge in [-0.25, -0.2) is 0 Å². The van der Waals surface area contributed by atoms with E-state index in [0.29, 0.717) is 6.10 Å². The fraction of sp³-hybridized carbons (Fsp3) is 0.600. The molecule has 0 bridgehead atoms. The molecule has 1 N–H and O–H groups in total. The quantitative estimate of drug-likeness (QED) is 0.763. The summed E-state index contributed by atoms with van der Waals surface area (Å²) in [6, 6.07) is 8.84. The van der Waals surface area contributed by atoms with E-state index < -0.39 is 0 Å². The molecule has 1 aromatic carbocycles. The Balaban J connectivity index is 1.74. The summed E-state index contributed by atoms with van der Waals surface area (Å²) in [5.41, 5.74) is 1.37. The zero-order chi connectivity index (χ0) is 12.6. The van der Waals surface area contributed by atoms with Crippen molar-refractivity contribution in [3.8, 4) is 0 Å². The normalized spacial score (nSPS) is 19.3. The summed E-state index contributed by atoms with van der Waals surface area (Å²) < 4.78 is 5.64. The van der Waals surface area contributed by atoms with Gasteiger partial charge in [-0.1, -0.05) is 19.1 Å². The summed E-state index contributed by atoms with van der Waals surface area (Å²) >= 11 is 1.95. The van der Waals surface area contributed by atoms with Crippen molar-refractivity contribution in [2.75, 3.05) is 18.9 Å². The molecule has 0 spiro atoms. The molecule has 100 valence electrons. The molecule has 1 unspecified atom stereocenters. The van der Waals surface area contributed by atoms with Gasteiger partial charge in [-0.3, -0.25) is 0 Å². The third-order valence-corrected chi connectivity index (χ3v) is 4.24. The molecule has 0 amide bonds. The maximum atomic E-state index is 5.64. The summed E-state index contributed by atoms with van der Waals surface area (Å²) in [6.45, 7) is 5.10. The SMILES string of the molecule is CCNCc1cccc(SCCC2CCCO2)c1. The maximum Gasteiger partial charge on any atom is 0.0584 e. The summed E-state index contributed by atoms with van der Waals surface area (Å²) in [5.74, 6) is 1.16. The smallest absolute Gasteiger partial charge is 0.0584 e. The lowest BCUT2D eigenvalue weighted by Crippen LogP contribution is -2.11. The van der Waals surface area contributed by atoms with Crippen LogP contribution in [0.3, 0.4) is 0 Å². The molecule has 2 nitrogen and oxygen atoms in total. The zero-order valence-electron chi connectivity index (χ0n) is 11.2. The van der Waals surface area contributed by atoms with Crippen LogP contribution in [0.25, 0.3) is 0 Å². The third kappa shape index (κ3) is 4.63. The lowest BCUT2D eigenvalue weighted by Gasteiger charge is -2.09. The van der Waals surface area contributed by atoms with Crippen LogP contribution in [0.2, 0.25) is 0 Å². The van der Waals surface area contributed by atoms with Gasteiger partial charge >= 0.3 is 0 Å². The molecular weight excluding hydrogens is 242 g/mol. The highest BCUT2D eigenvalue weighted by molar-refractivity contribution is 7.99. The van der Waals surface area contributed by atoms with Crippen LogP contribution < -0.4 is 5.32 Å². The second-order valence-corrected chi connectivity index (χ2v) is 5.87. The summed E-state index contributed by atoms with van der Waals surface area (Å²) in [6.07, 6.45) is 4.19. The Bertz CT molecular complexity index is 350. The maximum absolute atomic E-state index is 5.64. The first-order chi connectivity index (χ1) is 8.88. The number of nitrogens with one attached hydrogen (secondary N) is 1. The minimum Gasteiger partial charge on any atom is -0.378 e. The number of ether oxygens (including phenoxy) is 1. The predicted molar refractivity (Wildman–Crippen MR) is 78.1 cm³/mol. The van der Waals surface area contributed by atoms with Crippen LogP contribution >= 0.6 is 11.8 Å². The Morgan fingerprint density at radius 1 is 1.44 bits per heavy atom. The van der Waals surface area contributed by atoms with E-state index in [2.05, 4.69) is 36.5 Å². The van der Waals surface area contributed by atoms with Crippen molar-refractivity contribution >= 4 is 11.8 Å². The standard InChI is InChI=1S/C15H23NOS/c1-2-16-12-13-5-3-7-15(11-13)18-10-8-14-6-4-9-17-14/h3,5,7,11,14,16H,2,4,6,8-10,12H2,1H3. The second kappa shape index (κ2) is 7.82. The molecule has 1 atom stereocenters. The van der Waals surface area contributed by atoms with Crippen LogP contribution in [-0.4, -0.2) is 25.0 Å². The highest BCUT2D eigenvalue weighted by Crippen LogP contribution is 2.23. The first-order valence-electron chi connectivity index (χ1n) is 6.92. The molecular formula is C15H23NOS. The van der Waals surface area contributed by atoms with Gasteiger partial charge in [0.2, 0.25) is 0 Å². The summed E-state index contributed by atoms with van der Waals surface area (Å²) in [4.78, 5) is 1.38. The third-order valence-electron chi connectivity index (χ3n) is 3.21. The minimum absolute atomic E-state index is 0.516. The first-order valence-corrected chi connectivity index (χ1v) is 7.91. The Morgan fingerprint density at radius 3 is 3.17 bits per heavy atom. The highest BCUT2D eigenvalue weighted by atomic mass is 32.2. The molecule has 0 aromatic heterocycles. The van der Waals surface area contributed by atoms with Gasteiger partial charge in [-0.05, 0) is 43.5 Å². The summed E-state index contributed by atoms with van der Waals surface area (Å²) in [7, 11) is 0. The van der Waals surface area contributed by atoms with E-state index in [1.807, 2.05) is 11.8 Å². The van der Waals surface area contributed by atoms with Gasteiger partial charge < -0.3 is 10.1 Å². The van der Waals surface area contributed by atoms with E-state index in [1.54, 1.807) is 0 Å². The molecule has 1 aliphatic heterocycles. The van der Waals surface area contributed by atoms with Crippen molar-refractivity contribution in [1.82, 2.24) is 5.32 Å². The van der Waals surface area contributed by atoms with E-state index >= 15 is 0 Å². The molecule has 0 aliphatic carbocycles. The molecule has 0 saturated carbocycles. The molecule has 2 rings (SSSR count). The van der Waals surface area contributed by atoms with Crippen molar-refractivity contribution in [3.63, 3.8) is 0 Å². The lowest BCUT2D eigenvalue weighted by atomic mass is 10.2. The van der Waals surface area contributed by atoms with Gasteiger partial charge in [-0.15, -0.1) is 11.8 Å². The van der Waals surface area contributed by atoms with Crippen LogP contribution in [0.5, 0.6) is 0 Å². The summed E-state index contributed by atoms with van der Waals surface area (Å²) in [5, 5.41) is 3.36. The van der Waals surface area contributed by atoms with Crippen molar-refractivity contribution in [2.45, 2.75) is 43.7 Å². The largest absolute Gasteiger partial charge is 0.378 e. The predicted octanol–water partition coefficient (Wildman–Crippen LogP) is 3.46. The van der Waals surface area contributed by atoms with Crippen LogP contribution in [0.1, 0.15) is 31.7 Å². The Kier molecular flexibility index (Phi) is 6.05. The van der Waals surface area contributed by atoms with Crippen molar-refractivity contribution in [3.05, 3.63) is 29.8 Å². The minimum atomic E-state index is 0.516. The van der Waals surface area contributed by atoms with Gasteiger partial charge in [0, 0.05) is 23.8 Å². The molecule has 3 heteroatoms. The number of thioether (sulfide) groups is 1. The zero-order valence-corrected chi connectivity index (χ0v) is 12.0. The van der Waals surface area contributed by atoms with E-state index in [1.165, 1.54) is 29.7 Å². The monoisotopic (exact) mass is 265 g/mol. The fourth-order valence-electron chi connectivity index (χ4n) is 2.19. The highest BCUT2D eigenvalue weighted by Gasteiger charge is 2.14. The van der Waals surface area contributed by atoms with Crippen LogP contribution in [-0.2, 0) is 11.3 Å². The second-order valence-electron chi connectivity index (χ2n) is 4.70. The van der Waals surface area contributed by atoms with Gasteiger partial charge in [0.15, 0.2) is 0 Å². The lowest BCUT2D eigenvalue weighted by molar-refractivity contribution is 0.109. The van der Waals surface area contributed by atoms with Crippen molar-refractivity contribution in [1.29, 1.82) is 0 Å². The molecule has 1 saturated heterocycles. The Labute approximate surface area is 114 Å². The van der Waals surface area contributed by atoms with E-state index in [-0.39, 0.29) is 0 Å². The number of benzene rings is 1. The fourth-order valence-corrected chi connectivity index (χ4v) is 3.22. The average Bonchev–Trinajstić information content (AvgIpc) is 2.90. The molecule has 0 radical (unpaired) electrons. The van der Waals surface area contributed by atoms with E-state index in [4.69, 9.17) is 4.74 Å². The van der Waals surface area contributed by atoms with E-state index in [0.717, 1.165) is 25.4 Å². The topological polar surface area (TPSA) is 21.3 Å². The molecule has 1 aliphatic rings. The van der Waals surface area contributed by atoms with Crippen LogP contribution in [0.4, 0.5) is 0 Å². The van der Waals surface area contributed by atoms with Gasteiger partial charge in [0.05, 0.1) is 6.10 Å². The Hall–Kier alpha value is -0.510. The van der Waals surface area contributed by atoms with E-state index in [9.17, 15) is 0 Å². The van der Waals surface area contributed by atoms with Crippen molar-refractivity contribution in [2.24, 2.45) is 0 Å². The average molecular weight is 265 g/mol. The van der Waals surface area contributed by atoms with Gasteiger partial charge in [-0.2, -0.15) is 0 Å². The molecule has 1 fully saturated rings. The van der Waals surface area contributed by atoms with Crippen LogP contribution in [0, 0.1) is 0 Å². The Morgan fingerprint density at radius 2 is 2.39 bits per heavy atom. The number of hydrogen-bond donors (Lipinski definition) is 1.